The Hall–Kier alpha value is -0.0800. The SMILES string of the molecule is CC1COC[C@H]2CCN(C)[C@H]12. The van der Waals surface area contributed by atoms with E-state index < -0.39 is 0 Å². The lowest BCUT2D eigenvalue weighted by Crippen LogP contribution is -2.42. The van der Waals surface area contributed by atoms with Gasteiger partial charge in [0.05, 0.1) is 13.2 Å². The lowest BCUT2D eigenvalue weighted by molar-refractivity contribution is -0.0113. The Morgan fingerprint density at radius 1 is 1.36 bits per heavy atom. The molecule has 11 heavy (non-hydrogen) atoms. The molecule has 2 aliphatic rings. The van der Waals surface area contributed by atoms with E-state index in [4.69, 9.17) is 4.74 Å². The zero-order valence-electron chi connectivity index (χ0n) is 7.42. The molecule has 0 aromatic rings. The monoisotopic (exact) mass is 155 g/mol. The van der Waals surface area contributed by atoms with Gasteiger partial charge in [-0.15, -0.1) is 0 Å². The maximum Gasteiger partial charge on any atom is 0.0509 e. The first-order valence-corrected chi connectivity index (χ1v) is 4.57. The summed E-state index contributed by atoms with van der Waals surface area (Å²) in [7, 11) is 2.24. The van der Waals surface area contributed by atoms with Gasteiger partial charge in [0.15, 0.2) is 0 Å². The van der Waals surface area contributed by atoms with Gasteiger partial charge in [-0.25, -0.2) is 0 Å². The topological polar surface area (TPSA) is 12.5 Å². The van der Waals surface area contributed by atoms with Crippen LogP contribution in [0.1, 0.15) is 13.3 Å². The molecule has 0 aliphatic carbocycles. The fourth-order valence-corrected chi connectivity index (χ4v) is 2.63. The van der Waals surface area contributed by atoms with Crippen molar-refractivity contribution in [2.24, 2.45) is 11.8 Å². The fraction of sp³-hybridized carbons (Fsp3) is 1.00. The summed E-state index contributed by atoms with van der Waals surface area (Å²) < 4.78 is 5.52. The molecule has 0 N–H and O–H groups in total. The Morgan fingerprint density at radius 2 is 2.18 bits per heavy atom. The average molecular weight is 155 g/mol. The highest BCUT2D eigenvalue weighted by atomic mass is 16.5. The minimum atomic E-state index is 0.737. The number of rotatable bonds is 0. The summed E-state index contributed by atoms with van der Waals surface area (Å²) in [6.45, 7) is 5.53. The van der Waals surface area contributed by atoms with Crippen LogP contribution in [0.2, 0.25) is 0 Å². The normalized spacial score (nSPS) is 45.8. The van der Waals surface area contributed by atoms with Gasteiger partial charge in [-0.1, -0.05) is 6.92 Å². The highest BCUT2D eigenvalue weighted by Gasteiger charge is 2.38. The molecule has 0 aromatic carbocycles. The number of likely N-dealkylation sites (tertiary alicyclic amines) is 1. The molecule has 0 spiro atoms. The van der Waals surface area contributed by atoms with Crippen molar-refractivity contribution in [3.05, 3.63) is 0 Å². The first kappa shape index (κ1) is 7.56. The maximum absolute atomic E-state index is 5.52. The maximum atomic E-state index is 5.52. The fourth-order valence-electron chi connectivity index (χ4n) is 2.63. The zero-order valence-corrected chi connectivity index (χ0v) is 7.42. The van der Waals surface area contributed by atoms with Crippen molar-refractivity contribution in [3.8, 4) is 0 Å². The first-order chi connectivity index (χ1) is 5.29. The van der Waals surface area contributed by atoms with Crippen LogP contribution < -0.4 is 0 Å². The van der Waals surface area contributed by atoms with Crippen LogP contribution in [0.4, 0.5) is 0 Å². The molecule has 2 heteroatoms. The summed E-state index contributed by atoms with van der Waals surface area (Å²) in [5.41, 5.74) is 0. The van der Waals surface area contributed by atoms with Crippen molar-refractivity contribution in [2.45, 2.75) is 19.4 Å². The van der Waals surface area contributed by atoms with Crippen LogP contribution in [0.25, 0.3) is 0 Å². The molecule has 2 saturated heterocycles. The van der Waals surface area contributed by atoms with Gasteiger partial charge in [-0.2, -0.15) is 0 Å². The Balaban J connectivity index is 2.08. The number of nitrogens with zero attached hydrogens (tertiary/aromatic N) is 1. The van der Waals surface area contributed by atoms with E-state index in [0.29, 0.717) is 0 Å². The van der Waals surface area contributed by atoms with Gasteiger partial charge in [-0.05, 0) is 31.8 Å². The van der Waals surface area contributed by atoms with Crippen LogP contribution in [0.15, 0.2) is 0 Å². The molecule has 0 saturated carbocycles. The summed E-state index contributed by atoms with van der Waals surface area (Å²) in [5, 5.41) is 0. The lowest BCUT2D eigenvalue weighted by atomic mass is 9.89. The molecule has 0 aromatic heterocycles. The van der Waals surface area contributed by atoms with Gasteiger partial charge in [0.25, 0.3) is 0 Å². The lowest BCUT2D eigenvalue weighted by Gasteiger charge is -2.34. The summed E-state index contributed by atoms with van der Waals surface area (Å²) in [5.74, 6) is 1.56. The van der Waals surface area contributed by atoms with Crippen molar-refractivity contribution < 1.29 is 4.74 Å². The van der Waals surface area contributed by atoms with Crippen molar-refractivity contribution >= 4 is 0 Å². The second-order valence-corrected chi connectivity index (χ2v) is 4.03. The van der Waals surface area contributed by atoms with E-state index in [-0.39, 0.29) is 0 Å². The van der Waals surface area contributed by atoms with Crippen LogP contribution in [0.3, 0.4) is 0 Å². The Kier molecular flexibility index (Phi) is 1.90. The van der Waals surface area contributed by atoms with Crippen molar-refractivity contribution in [1.82, 2.24) is 4.90 Å². The van der Waals surface area contributed by atoms with E-state index in [2.05, 4.69) is 18.9 Å². The van der Waals surface area contributed by atoms with E-state index in [1.807, 2.05) is 0 Å². The van der Waals surface area contributed by atoms with E-state index in [0.717, 1.165) is 31.1 Å². The molecule has 2 aliphatic heterocycles. The number of ether oxygens (including phenoxy) is 1. The summed E-state index contributed by atoms with van der Waals surface area (Å²) in [6, 6.07) is 0.809. The van der Waals surface area contributed by atoms with Gasteiger partial charge >= 0.3 is 0 Å². The van der Waals surface area contributed by atoms with E-state index in [1.54, 1.807) is 0 Å². The molecule has 64 valence electrons. The minimum absolute atomic E-state index is 0.737. The Bertz CT molecular complexity index is 146. The van der Waals surface area contributed by atoms with Gasteiger partial charge in [0, 0.05) is 6.04 Å². The van der Waals surface area contributed by atoms with Crippen molar-refractivity contribution in [1.29, 1.82) is 0 Å². The van der Waals surface area contributed by atoms with Crippen molar-refractivity contribution in [3.63, 3.8) is 0 Å². The number of hydrogen-bond donors (Lipinski definition) is 0. The molecule has 2 rings (SSSR count). The molecule has 2 fully saturated rings. The van der Waals surface area contributed by atoms with Gasteiger partial charge in [-0.3, -0.25) is 0 Å². The average Bonchev–Trinajstić information content (AvgIpc) is 2.34. The summed E-state index contributed by atoms with van der Waals surface area (Å²) in [4.78, 5) is 2.50. The largest absolute Gasteiger partial charge is 0.381 e. The molecular weight excluding hydrogens is 138 g/mol. The quantitative estimate of drug-likeness (QED) is 0.517. The Morgan fingerprint density at radius 3 is 2.91 bits per heavy atom. The zero-order chi connectivity index (χ0) is 7.84. The Labute approximate surface area is 68.5 Å². The highest BCUT2D eigenvalue weighted by molar-refractivity contribution is 4.90. The smallest absolute Gasteiger partial charge is 0.0509 e. The summed E-state index contributed by atoms with van der Waals surface area (Å²) in [6.07, 6.45) is 1.34. The summed E-state index contributed by atoms with van der Waals surface area (Å²) >= 11 is 0. The standard InChI is InChI=1S/C9H17NO/c1-7-5-11-6-8-3-4-10(2)9(7)8/h7-9H,3-6H2,1-2H3/t7?,8-,9-/m1/s1. The second-order valence-electron chi connectivity index (χ2n) is 4.03. The first-order valence-electron chi connectivity index (χ1n) is 4.57. The molecular formula is C9H17NO. The van der Waals surface area contributed by atoms with E-state index >= 15 is 0 Å². The van der Waals surface area contributed by atoms with E-state index in [1.165, 1.54) is 13.0 Å². The molecule has 2 nitrogen and oxygen atoms in total. The molecule has 0 bridgehead atoms. The second kappa shape index (κ2) is 2.76. The molecule has 1 unspecified atom stereocenters. The third-order valence-corrected chi connectivity index (χ3v) is 3.14. The predicted octanol–water partition coefficient (Wildman–Crippen LogP) is 0.973. The third-order valence-electron chi connectivity index (χ3n) is 3.14. The van der Waals surface area contributed by atoms with Crippen molar-refractivity contribution in [2.75, 3.05) is 26.8 Å². The predicted molar refractivity (Wildman–Crippen MR) is 44.5 cm³/mol. The molecule has 3 atom stereocenters. The van der Waals surface area contributed by atoms with Crippen LogP contribution in [0.5, 0.6) is 0 Å². The highest BCUT2D eigenvalue weighted by Crippen LogP contribution is 2.32. The van der Waals surface area contributed by atoms with Gasteiger partial charge in [0.1, 0.15) is 0 Å². The molecule has 2 heterocycles. The molecule has 0 radical (unpaired) electrons. The van der Waals surface area contributed by atoms with Gasteiger partial charge in [0.2, 0.25) is 0 Å². The van der Waals surface area contributed by atoms with Crippen LogP contribution in [-0.2, 0) is 4.74 Å². The number of hydrogen-bond acceptors (Lipinski definition) is 2. The van der Waals surface area contributed by atoms with Crippen LogP contribution >= 0.6 is 0 Å². The van der Waals surface area contributed by atoms with E-state index in [9.17, 15) is 0 Å². The number of fused-ring (bicyclic) bond motifs is 1. The van der Waals surface area contributed by atoms with Gasteiger partial charge < -0.3 is 9.64 Å². The van der Waals surface area contributed by atoms with Crippen LogP contribution in [-0.4, -0.2) is 37.7 Å². The van der Waals surface area contributed by atoms with Crippen LogP contribution in [0, 0.1) is 11.8 Å². The molecule has 0 amide bonds. The minimum Gasteiger partial charge on any atom is -0.381 e. The third kappa shape index (κ3) is 1.18.